The monoisotopic (exact) mass is 284 g/mol. The van der Waals surface area contributed by atoms with Crippen LogP contribution in [0.5, 0.6) is 0 Å². The van der Waals surface area contributed by atoms with E-state index in [1.165, 1.54) is 25.8 Å². The van der Waals surface area contributed by atoms with Crippen LogP contribution in [0.3, 0.4) is 0 Å². The van der Waals surface area contributed by atoms with Gasteiger partial charge < -0.3 is 14.8 Å². The molecule has 1 saturated heterocycles. The minimum absolute atomic E-state index is 0.373. The SMILES string of the molecule is CCC1CN(CCCOCCOC)C(C)(C2CC2)CN1. The second kappa shape index (κ2) is 7.74. The molecule has 20 heavy (non-hydrogen) atoms. The lowest BCUT2D eigenvalue weighted by molar-refractivity contribution is 0.0191. The van der Waals surface area contributed by atoms with Gasteiger partial charge in [-0.25, -0.2) is 0 Å². The molecule has 2 unspecified atom stereocenters. The van der Waals surface area contributed by atoms with Gasteiger partial charge in [0.1, 0.15) is 0 Å². The van der Waals surface area contributed by atoms with Crippen LogP contribution in [0.1, 0.15) is 39.5 Å². The fourth-order valence-corrected chi connectivity index (χ4v) is 3.33. The first kappa shape index (κ1) is 16.2. The number of methoxy groups -OCH3 is 1. The van der Waals surface area contributed by atoms with Gasteiger partial charge in [-0.05, 0) is 38.5 Å². The Bertz CT molecular complexity index is 284. The van der Waals surface area contributed by atoms with Gasteiger partial charge in [0.25, 0.3) is 0 Å². The maximum absolute atomic E-state index is 5.60. The van der Waals surface area contributed by atoms with Crippen molar-refractivity contribution in [3.8, 4) is 0 Å². The number of hydrogen-bond donors (Lipinski definition) is 1. The molecule has 1 N–H and O–H groups in total. The molecule has 2 rings (SSSR count). The Kier molecular flexibility index (Phi) is 6.27. The second-order valence-corrected chi connectivity index (χ2v) is 6.52. The van der Waals surface area contributed by atoms with Crippen molar-refractivity contribution in [3.05, 3.63) is 0 Å². The van der Waals surface area contributed by atoms with Gasteiger partial charge in [0, 0.05) is 44.9 Å². The third kappa shape index (κ3) is 4.17. The zero-order chi connectivity index (χ0) is 14.4. The van der Waals surface area contributed by atoms with Gasteiger partial charge in [0.15, 0.2) is 0 Å². The molecule has 118 valence electrons. The summed E-state index contributed by atoms with van der Waals surface area (Å²) in [6.07, 6.45) is 5.18. The summed E-state index contributed by atoms with van der Waals surface area (Å²) in [6.45, 7) is 10.5. The van der Waals surface area contributed by atoms with Crippen LogP contribution < -0.4 is 5.32 Å². The van der Waals surface area contributed by atoms with Crippen LogP contribution in [0.15, 0.2) is 0 Å². The fourth-order valence-electron chi connectivity index (χ4n) is 3.33. The van der Waals surface area contributed by atoms with Gasteiger partial charge in [-0.15, -0.1) is 0 Å². The predicted octanol–water partition coefficient (Wildman–Crippen LogP) is 1.89. The van der Waals surface area contributed by atoms with E-state index in [0.717, 1.165) is 38.6 Å². The molecule has 4 nitrogen and oxygen atoms in total. The Morgan fingerprint density at radius 1 is 1.25 bits per heavy atom. The van der Waals surface area contributed by atoms with Crippen LogP contribution >= 0.6 is 0 Å². The minimum Gasteiger partial charge on any atom is -0.382 e. The molecule has 0 radical (unpaired) electrons. The lowest BCUT2D eigenvalue weighted by Crippen LogP contribution is -2.64. The standard InChI is InChI=1S/C16H32N2O2/c1-4-15-12-18(8-5-9-20-11-10-19-3)16(2,13-17-15)14-6-7-14/h14-15,17H,4-13H2,1-3H3. The van der Waals surface area contributed by atoms with Crippen molar-refractivity contribution < 1.29 is 9.47 Å². The Morgan fingerprint density at radius 3 is 2.70 bits per heavy atom. The normalized spacial score (nSPS) is 31.6. The largest absolute Gasteiger partial charge is 0.382 e. The highest BCUT2D eigenvalue weighted by Gasteiger charge is 2.47. The van der Waals surface area contributed by atoms with Gasteiger partial charge >= 0.3 is 0 Å². The maximum atomic E-state index is 5.60. The summed E-state index contributed by atoms with van der Waals surface area (Å²) < 4.78 is 10.6. The van der Waals surface area contributed by atoms with E-state index >= 15 is 0 Å². The number of ether oxygens (including phenoxy) is 2. The third-order valence-electron chi connectivity index (χ3n) is 5.01. The summed E-state index contributed by atoms with van der Waals surface area (Å²) in [5.41, 5.74) is 0.373. The molecular formula is C16H32N2O2. The number of hydrogen-bond acceptors (Lipinski definition) is 4. The first-order chi connectivity index (χ1) is 9.70. The Morgan fingerprint density at radius 2 is 2.05 bits per heavy atom. The Balaban J connectivity index is 1.75. The molecule has 2 fully saturated rings. The summed E-state index contributed by atoms with van der Waals surface area (Å²) in [4.78, 5) is 2.73. The molecule has 2 aliphatic rings. The van der Waals surface area contributed by atoms with Crippen molar-refractivity contribution in [2.45, 2.75) is 51.1 Å². The van der Waals surface area contributed by atoms with Gasteiger partial charge in [-0.1, -0.05) is 6.92 Å². The second-order valence-electron chi connectivity index (χ2n) is 6.52. The van der Waals surface area contributed by atoms with Crippen molar-refractivity contribution in [1.82, 2.24) is 10.2 Å². The zero-order valence-electron chi connectivity index (χ0n) is 13.5. The average molecular weight is 284 g/mol. The van der Waals surface area contributed by atoms with E-state index in [1.807, 2.05) is 0 Å². The Labute approximate surface area is 124 Å². The van der Waals surface area contributed by atoms with E-state index in [2.05, 4.69) is 24.1 Å². The summed E-state index contributed by atoms with van der Waals surface area (Å²) in [7, 11) is 1.72. The van der Waals surface area contributed by atoms with Gasteiger partial charge in [-0.3, -0.25) is 4.90 Å². The van der Waals surface area contributed by atoms with Gasteiger partial charge in [-0.2, -0.15) is 0 Å². The molecule has 1 aliphatic carbocycles. The summed E-state index contributed by atoms with van der Waals surface area (Å²) in [6, 6.07) is 0.663. The van der Waals surface area contributed by atoms with Crippen LogP contribution in [-0.4, -0.2) is 63.0 Å². The molecule has 0 spiro atoms. The smallest absolute Gasteiger partial charge is 0.0700 e. The molecule has 2 atom stereocenters. The molecule has 1 heterocycles. The van der Waals surface area contributed by atoms with E-state index in [1.54, 1.807) is 7.11 Å². The van der Waals surface area contributed by atoms with Crippen LogP contribution in [0, 0.1) is 5.92 Å². The molecule has 1 aliphatic heterocycles. The van der Waals surface area contributed by atoms with E-state index in [-0.39, 0.29) is 0 Å². The van der Waals surface area contributed by atoms with E-state index in [0.29, 0.717) is 18.2 Å². The van der Waals surface area contributed by atoms with Gasteiger partial charge in [0.05, 0.1) is 13.2 Å². The zero-order valence-corrected chi connectivity index (χ0v) is 13.5. The highest BCUT2D eigenvalue weighted by molar-refractivity contribution is 5.04. The lowest BCUT2D eigenvalue weighted by Gasteiger charge is -2.48. The molecule has 0 aromatic carbocycles. The van der Waals surface area contributed by atoms with E-state index in [4.69, 9.17) is 9.47 Å². The molecule has 0 bridgehead atoms. The first-order valence-corrected chi connectivity index (χ1v) is 8.25. The first-order valence-electron chi connectivity index (χ1n) is 8.25. The Hall–Kier alpha value is -0.160. The van der Waals surface area contributed by atoms with Crippen molar-refractivity contribution >= 4 is 0 Å². The van der Waals surface area contributed by atoms with Crippen LogP contribution in [0.4, 0.5) is 0 Å². The topological polar surface area (TPSA) is 33.7 Å². The van der Waals surface area contributed by atoms with E-state index in [9.17, 15) is 0 Å². The van der Waals surface area contributed by atoms with Crippen LogP contribution in [0.25, 0.3) is 0 Å². The van der Waals surface area contributed by atoms with Crippen molar-refractivity contribution in [2.75, 3.05) is 46.6 Å². The van der Waals surface area contributed by atoms with Gasteiger partial charge in [0.2, 0.25) is 0 Å². The van der Waals surface area contributed by atoms with Crippen molar-refractivity contribution in [3.63, 3.8) is 0 Å². The summed E-state index contributed by atoms with van der Waals surface area (Å²) >= 11 is 0. The number of nitrogens with one attached hydrogen (secondary N) is 1. The summed E-state index contributed by atoms with van der Waals surface area (Å²) in [5.74, 6) is 0.905. The fraction of sp³-hybridized carbons (Fsp3) is 1.00. The average Bonchev–Trinajstić information content (AvgIpc) is 3.29. The maximum Gasteiger partial charge on any atom is 0.0700 e. The molecule has 1 saturated carbocycles. The molecule has 0 aromatic rings. The molecule has 0 aromatic heterocycles. The highest BCUT2D eigenvalue weighted by Crippen LogP contribution is 2.44. The molecular weight excluding hydrogens is 252 g/mol. The predicted molar refractivity (Wildman–Crippen MR) is 82.1 cm³/mol. The van der Waals surface area contributed by atoms with Crippen LogP contribution in [0.2, 0.25) is 0 Å². The number of piperazine rings is 1. The van der Waals surface area contributed by atoms with Crippen LogP contribution in [-0.2, 0) is 9.47 Å². The minimum atomic E-state index is 0.373. The molecule has 0 amide bonds. The molecule has 4 heteroatoms. The quantitative estimate of drug-likeness (QED) is 0.656. The third-order valence-corrected chi connectivity index (χ3v) is 5.01. The number of rotatable bonds is 9. The highest BCUT2D eigenvalue weighted by atomic mass is 16.5. The van der Waals surface area contributed by atoms with Crippen molar-refractivity contribution in [2.24, 2.45) is 5.92 Å². The summed E-state index contributed by atoms with van der Waals surface area (Å²) in [5, 5.41) is 3.74. The number of nitrogens with zero attached hydrogens (tertiary/aromatic N) is 1. The lowest BCUT2D eigenvalue weighted by atomic mass is 9.89. The van der Waals surface area contributed by atoms with E-state index < -0.39 is 0 Å². The van der Waals surface area contributed by atoms with Crippen molar-refractivity contribution in [1.29, 1.82) is 0 Å².